The molecule has 1 aromatic heterocycles. The predicted molar refractivity (Wildman–Crippen MR) is 135 cm³/mol. The lowest BCUT2D eigenvalue weighted by Crippen LogP contribution is -2.52. The molecule has 3 heterocycles. The van der Waals surface area contributed by atoms with Crippen LogP contribution in [-0.4, -0.2) is 41.2 Å². The Morgan fingerprint density at radius 2 is 1.73 bits per heavy atom. The largest absolute Gasteiger partial charge is 0.490 e. The van der Waals surface area contributed by atoms with Gasteiger partial charge < -0.3 is 9.47 Å². The van der Waals surface area contributed by atoms with E-state index in [4.69, 9.17) is 9.47 Å². The summed E-state index contributed by atoms with van der Waals surface area (Å²) >= 11 is 0. The lowest BCUT2D eigenvalue weighted by molar-refractivity contribution is -0.150. The van der Waals surface area contributed by atoms with Gasteiger partial charge in [0.1, 0.15) is 11.3 Å². The topological polar surface area (TPSA) is 51.7 Å². The maximum atomic E-state index is 14.3. The summed E-state index contributed by atoms with van der Waals surface area (Å²) < 4.78 is 53.7. The van der Waals surface area contributed by atoms with Gasteiger partial charge in [0.15, 0.2) is 0 Å². The van der Waals surface area contributed by atoms with E-state index in [-0.39, 0.29) is 41.2 Å². The van der Waals surface area contributed by atoms with Gasteiger partial charge >= 0.3 is 12.1 Å². The van der Waals surface area contributed by atoms with Crippen molar-refractivity contribution in [2.45, 2.75) is 102 Å². The van der Waals surface area contributed by atoms with E-state index in [1.165, 1.54) is 13.2 Å². The molecule has 2 saturated heterocycles. The smallest absolute Gasteiger partial charge is 0.420 e. The fourth-order valence-electron chi connectivity index (χ4n) is 6.83. The first kappa shape index (κ1) is 26.3. The van der Waals surface area contributed by atoms with Gasteiger partial charge in [-0.3, -0.25) is 14.7 Å². The molecule has 202 valence electrons. The number of methoxy groups -OCH3 is 1. The van der Waals surface area contributed by atoms with E-state index in [9.17, 15) is 18.0 Å². The highest BCUT2D eigenvalue weighted by Crippen LogP contribution is 2.43. The van der Waals surface area contributed by atoms with Gasteiger partial charge in [-0.2, -0.15) is 13.2 Å². The van der Waals surface area contributed by atoms with E-state index in [1.807, 2.05) is 0 Å². The molecule has 37 heavy (non-hydrogen) atoms. The quantitative estimate of drug-likeness (QED) is 0.389. The van der Waals surface area contributed by atoms with Gasteiger partial charge in [0.2, 0.25) is 0 Å². The van der Waals surface area contributed by atoms with E-state index < -0.39 is 11.7 Å². The van der Waals surface area contributed by atoms with Crippen LogP contribution in [0, 0.1) is 11.8 Å². The number of hydrogen-bond donors (Lipinski definition) is 0. The zero-order chi connectivity index (χ0) is 26.2. The van der Waals surface area contributed by atoms with Crippen LogP contribution < -0.4 is 4.74 Å². The number of benzene rings is 1. The number of pyridine rings is 1. The van der Waals surface area contributed by atoms with Crippen LogP contribution in [0.25, 0.3) is 10.9 Å². The van der Waals surface area contributed by atoms with Crippen molar-refractivity contribution < 1.29 is 27.4 Å². The fraction of sp³-hybridized carbons (Fsp3) is 0.655. The molecule has 2 unspecified atom stereocenters. The second-order valence-corrected chi connectivity index (χ2v) is 11.1. The van der Waals surface area contributed by atoms with Gasteiger partial charge in [-0.25, -0.2) is 0 Å². The molecule has 0 N–H and O–H groups in total. The molecule has 1 aromatic carbocycles. The van der Waals surface area contributed by atoms with Gasteiger partial charge in [-0.15, -0.1) is 0 Å². The summed E-state index contributed by atoms with van der Waals surface area (Å²) in [5.41, 5.74) is 0.361. The Kier molecular flexibility index (Phi) is 7.66. The molecule has 0 radical (unpaired) electrons. The van der Waals surface area contributed by atoms with Crippen LogP contribution in [-0.2, 0) is 22.3 Å². The molecule has 2 aliphatic heterocycles. The molecule has 5 rings (SSSR count). The van der Waals surface area contributed by atoms with Crippen LogP contribution in [0.3, 0.4) is 0 Å². The molecule has 2 aromatic rings. The van der Waals surface area contributed by atoms with Gasteiger partial charge in [0.05, 0.1) is 30.3 Å². The summed E-state index contributed by atoms with van der Waals surface area (Å²) in [5, 5.41) is 0.0839. The molecule has 0 spiro atoms. The predicted octanol–water partition coefficient (Wildman–Crippen LogP) is 6.91. The van der Waals surface area contributed by atoms with Crippen LogP contribution in [0.15, 0.2) is 24.3 Å². The first-order chi connectivity index (χ1) is 17.8. The van der Waals surface area contributed by atoms with E-state index in [1.54, 1.807) is 18.2 Å². The SMILES string of the molecule is CCC1CCC(Oc2ccc3nc(CN4C5CCCC4CC(C(=O)OC)C5)ccc3c2C(F)(F)F)CC1. The minimum Gasteiger partial charge on any atom is -0.490 e. The zero-order valence-electron chi connectivity index (χ0n) is 21.7. The molecule has 1 saturated carbocycles. The molecule has 2 bridgehead atoms. The Labute approximate surface area is 216 Å². The maximum Gasteiger partial charge on any atom is 0.420 e. The minimum absolute atomic E-state index is 0.0779. The second-order valence-electron chi connectivity index (χ2n) is 11.1. The van der Waals surface area contributed by atoms with Crippen molar-refractivity contribution in [3.8, 4) is 5.75 Å². The molecule has 3 fully saturated rings. The third-order valence-electron chi connectivity index (χ3n) is 8.84. The van der Waals surface area contributed by atoms with Crippen molar-refractivity contribution in [3.05, 3.63) is 35.5 Å². The van der Waals surface area contributed by atoms with Crippen molar-refractivity contribution in [1.82, 2.24) is 9.88 Å². The Balaban J connectivity index is 1.37. The highest BCUT2D eigenvalue weighted by molar-refractivity contribution is 5.85. The molecule has 0 amide bonds. The number of halogens is 3. The minimum atomic E-state index is -4.54. The number of rotatable bonds is 6. The summed E-state index contributed by atoms with van der Waals surface area (Å²) in [6, 6.07) is 6.90. The summed E-state index contributed by atoms with van der Waals surface area (Å²) in [6.45, 7) is 2.73. The number of piperidine rings is 2. The molecule has 2 atom stereocenters. The lowest BCUT2D eigenvalue weighted by Gasteiger charge is -2.48. The van der Waals surface area contributed by atoms with Gasteiger partial charge in [-0.05, 0) is 75.5 Å². The number of hydrogen-bond acceptors (Lipinski definition) is 5. The van der Waals surface area contributed by atoms with Gasteiger partial charge in [0.25, 0.3) is 0 Å². The first-order valence-corrected chi connectivity index (χ1v) is 13.8. The van der Waals surface area contributed by atoms with Gasteiger partial charge in [0, 0.05) is 24.0 Å². The van der Waals surface area contributed by atoms with Crippen molar-refractivity contribution in [1.29, 1.82) is 0 Å². The van der Waals surface area contributed by atoms with Crippen LogP contribution in [0.1, 0.15) is 82.4 Å². The fourth-order valence-corrected chi connectivity index (χ4v) is 6.83. The first-order valence-electron chi connectivity index (χ1n) is 13.8. The summed E-state index contributed by atoms with van der Waals surface area (Å²) in [4.78, 5) is 19.2. The second kappa shape index (κ2) is 10.8. The van der Waals surface area contributed by atoms with E-state index in [2.05, 4.69) is 16.8 Å². The average molecular weight is 519 g/mol. The number of carbonyl (C=O) groups is 1. The number of carbonyl (C=O) groups excluding carboxylic acids is 1. The molecule has 1 aliphatic carbocycles. The van der Waals surface area contributed by atoms with E-state index >= 15 is 0 Å². The molecule has 8 heteroatoms. The normalized spacial score (nSPS) is 28.7. The van der Waals surface area contributed by atoms with Crippen molar-refractivity contribution in [2.24, 2.45) is 11.8 Å². The highest BCUT2D eigenvalue weighted by Gasteiger charge is 2.41. The van der Waals surface area contributed by atoms with Crippen LogP contribution >= 0.6 is 0 Å². The molecule has 3 aliphatic rings. The summed E-state index contributed by atoms with van der Waals surface area (Å²) in [5.74, 6) is 0.336. The van der Waals surface area contributed by atoms with Crippen LogP contribution in [0.4, 0.5) is 13.2 Å². The van der Waals surface area contributed by atoms with E-state index in [0.717, 1.165) is 69.9 Å². The van der Waals surface area contributed by atoms with Crippen molar-refractivity contribution in [2.75, 3.05) is 7.11 Å². The third kappa shape index (κ3) is 5.59. The number of esters is 1. The Morgan fingerprint density at radius 1 is 1.03 bits per heavy atom. The molecular weight excluding hydrogens is 481 g/mol. The van der Waals surface area contributed by atoms with Crippen LogP contribution in [0.2, 0.25) is 0 Å². The number of nitrogens with zero attached hydrogens (tertiary/aromatic N) is 2. The Bertz CT molecular complexity index is 1100. The van der Waals surface area contributed by atoms with Crippen molar-refractivity contribution in [3.63, 3.8) is 0 Å². The maximum absolute atomic E-state index is 14.3. The Hall–Kier alpha value is -2.35. The lowest BCUT2D eigenvalue weighted by atomic mass is 9.78. The molecular formula is C29H37F3N2O3. The average Bonchev–Trinajstić information content (AvgIpc) is 2.87. The Morgan fingerprint density at radius 3 is 2.35 bits per heavy atom. The monoisotopic (exact) mass is 518 g/mol. The number of alkyl halides is 3. The van der Waals surface area contributed by atoms with Crippen molar-refractivity contribution >= 4 is 16.9 Å². The van der Waals surface area contributed by atoms with Gasteiger partial charge in [-0.1, -0.05) is 25.8 Å². The number of ether oxygens (including phenoxy) is 2. The van der Waals surface area contributed by atoms with Crippen LogP contribution in [0.5, 0.6) is 5.75 Å². The number of aromatic nitrogens is 1. The summed E-state index contributed by atoms with van der Waals surface area (Å²) in [7, 11) is 1.44. The molecule has 5 nitrogen and oxygen atoms in total. The highest BCUT2D eigenvalue weighted by atomic mass is 19.4. The standard InChI is InChI=1S/C29H37F3N2O3/c1-3-18-7-10-23(11-8-18)37-26-14-13-25-24(27(26)29(30,31)32)12-9-20(33-25)17-34-21-5-4-6-22(34)16-19(15-21)28(35)36-2/h9,12-14,18-19,21-23H,3-8,10-11,15-17H2,1-2H3. The summed E-state index contributed by atoms with van der Waals surface area (Å²) in [6.07, 6.45) is 4.64. The third-order valence-corrected chi connectivity index (χ3v) is 8.84. The van der Waals surface area contributed by atoms with E-state index in [0.29, 0.717) is 18.0 Å². The zero-order valence-corrected chi connectivity index (χ0v) is 21.7. The number of fused-ring (bicyclic) bond motifs is 3.